The van der Waals surface area contributed by atoms with Crippen LogP contribution in [0.25, 0.3) is 0 Å². The first kappa shape index (κ1) is 20.7. The van der Waals surface area contributed by atoms with Gasteiger partial charge in [0.2, 0.25) is 6.41 Å². The second-order valence-corrected chi connectivity index (χ2v) is 8.26. The van der Waals surface area contributed by atoms with Crippen molar-refractivity contribution < 1.29 is 9.59 Å². The van der Waals surface area contributed by atoms with E-state index in [2.05, 4.69) is 22.5 Å². The summed E-state index contributed by atoms with van der Waals surface area (Å²) >= 11 is 7.54. The number of amides is 2. The van der Waals surface area contributed by atoms with E-state index in [1.54, 1.807) is 18.2 Å². The van der Waals surface area contributed by atoms with Gasteiger partial charge in [-0.2, -0.15) is 0 Å². The van der Waals surface area contributed by atoms with Crippen LogP contribution in [0.15, 0.2) is 53.3 Å². The SMILES string of the molecule is C=C=C/C(=C\N(C=O)c1ccc(Cl)cc1SC)C(=O)N[C@@H]1CN2CCC1CC2. The molecule has 5 nitrogen and oxygen atoms in total. The first-order valence-corrected chi connectivity index (χ1v) is 10.8. The van der Waals surface area contributed by atoms with Crippen LogP contribution >= 0.6 is 23.4 Å². The maximum Gasteiger partial charge on any atom is 0.253 e. The topological polar surface area (TPSA) is 52.7 Å². The molecule has 3 aliphatic heterocycles. The highest BCUT2D eigenvalue weighted by Gasteiger charge is 2.35. The molecule has 0 radical (unpaired) electrons. The molecule has 0 unspecified atom stereocenters. The second kappa shape index (κ2) is 9.48. The number of benzene rings is 1. The Morgan fingerprint density at radius 1 is 1.43 bits per heavy atom. The minimum absolute atomic E-state index is 0.138. The molecule has 2 bridgehead atoms. The van der Waals surface area contributed by atoms with Gasteiger partial charge in [-0.15, -0.1) is 17.5 Å². The Labute approximate surface area is 175 Å². The van der Waals surface area contributed by atoms with Gasteiger partial charge >= 0.3 is 0 Å². The van der Waals surface area contributed by atoms with Crippen LogP contribution in [-0.4, -0.2) is 49.1 Å². The number of hydrogen-bond acceptors (Lipinski definition) is 4. The number of nitrogens with zero attached hydrogens (tertiary/aromatic N) is 2. The first-order chi connectivity index (χ1) is 13.5. The van der Waals surface area contributed by atoms with Crippen molar-refractivity contribution in [3.63, 3.8) is 0 Å². The molecule has 2 amide bonds. The van der Waals surface area contributed by atoms with Gasteiger partial charge in [0.25, 0.3) is 5.91 Å². The van der Waals surface area contributed by atoms with Crippen molar-refractivity contribution in [2.45, 2.75) is 23.8 Å². The lowest BCUT2D eigenvalue weighted by molar-refractivity contribution is -0.119. The standard InChI is InChI=1S/C21H24ClN3O2S/c1-3-4-16(21(27)23-18-13-24-9-7-15(18)8-10-24)12-25(14-26)19-6-5-17(22)11-20(19)28-2/h4-6,11-12,14-15,18H,1,7-10,13H2,2H3,(H,23,27)/b16-12+/t18-/m1/s1. The smallest absolute Gasteiger partial charge is 0.253 e. The highest BCUT2D eigenvalue weighted by Crippen LogP contribution is 2.32. The Kier molecular flexibility index (Phi) is 7.03. The molecular weight excluding hydrogens is 394 g/mol. The molecule has 4 rings (SSSR count). The third kappa shape index (κ3) is 4.70. The van der Waals surface area contributed by atoms with Crippen LogP contribution in [0.5, 0.6) is 0 Å². The number of thioether (sulfide) groups is 1. The number of hydrogen-bond donors (Lipinski definition) is 1. The van der Waals surface area contributed by atoms with E-state index in [-0.39, 0.29) is 11.9 Å². The van der Waals surface area contributed by atoms with E-state index in [0.717, 1.165) is 37.4 Å². The molecule has 0 aliphatic carbocycles. The predicted molar refractivity (Wildman–Crippen MR) is 115 cm³/mol. The highest BCUT2D eigenvalue weighted by atomic mass is 35.5. The van der Waals surface area contributed by atoms with Gasteiger partial charge in [-0.25, -0.2) is 0 Å². The predicted octanol–water partition coefficient (Wildman–Crippen LogP) is 3.46. The number of rotatable bonds is 7. The van der Waals surface area contributed by atoms with Crippen molar-refractivity contribution in [3.05, 3.63) is 53.4 Å². The van der Waals surface area contributed by atoms with E-state index in [0.29, 0.717) is 28.6 Å². The Morgan fingerprint density at radius 3 is 2.75 bits per heavy atom. The molecule has 3 saturated heterocycles. The molecule has 3 aliphatic rings. The van der Waals surface area contributed by atoms with Crippen LogP contribution < -0.4 is 10.2 Å². The van der Waals surface area contributed by atoms with E-state index < -0.39 is 0 Å². The molecule has 0 aromatic heterocycles. The molecular formula is C21H24ClN3O2S. The minimum Gasteiger partial charge on any atom is -0.348 e. The quantitative estimate of drug-likeness (QED) is 0.243. The number of halogens is 1. The van der Waals surface area contributed by atoms with Crippen LogP contribution in [0, 0.1) is 5.92 Å². The minimum atomic E-state index is -0.221. The Bertz CT molecular complexity index is 827. The number of carbonyl (C=O) groups excluding carboxylic acids is 2. The van der Waals surface area contributed by atoms with Gasteiger partial charge in [0.05, 0.1) is 11.3 Å². The third-order valence-electron chi connectivity index (χ3n) is 5.30. The van der Waals surface area contributed by atoms with Crippen LogP contribution in [0.4, 0.5) is 5.69 Å². The number of carbonyl (C=O) groups is 2. The molecule has 148 valence electrons. The summed E-state index contributed by atoms with van der Waals surface area (Å²) in [6.07, 6.45) is 7.84. The summed E-state index contributed by atoms with van der Waals surface area (Å²) in [5, 5.41) is 3.73. The molecule has 1 aromatic rings. The molecule has 1 atom stereocenters. The summed E-state index contributed by atoms with van der Waals surface area (Å²) in [5.74, 6) is 0.297. The normalized spacial score (nSPS) is 23.6. The number of anilines is 1. The molecule has 3 fully saturated rings. The van der Waals surface area contributed by atoms with E-state index in [1.165, 1.54) is 28.9 Å². The zero-order valence-corrected chi connectivity index (χ0v) is 17.4. The Hall–Kier alpha value is -1.98. The molecule has 7 heteroatoms. The van der Waals surface area contributed by atoms with Crippen LogP contribution in [-0.2, 0) is 9.59 Å². The maximum atomic E-state index is 12.9. The summed E-state index contributed by atoms with van der Waals surface area (Å²) in [4.78, 5) is 29.3. The summed E-state index contributed by atoms with van der Waals surface area (Å²) in [6.45, 7) is 6.68. The zero-order chi connectivity index (χ0) is 20.1. The number of piperidine rings is 3. The van der Waals surface area contributed by atoms with E-state index in [9.17, 15) is 9.59 Å². The molecule has 1 N–H and O–H groups in total. The Balaban J connectivity index is 1.83. The van der Waals surface area contributed by atoms with Crippen molar-refractivity contribution in [3.8, 4) is 0 Å². The number of nitrogens with one attached hydrogen (secondary N) is 1. The maximum absolute atomic E-state index is 12.9. The van der Waals surface area contributed by atoms with Crippen molar-refractivity contribution >= 4 is 41.4 Å². The van der Waals surface area contributed by atoms with E-state index >= 15 is 0 Å². The lowest BCUT2D eigenvalue weighted by Gasteiger charge is -2.44. The summed E-state index contributed by atoms with van der Waals surface area (Å²) in [7, 11) is 0. The van der Waals surface area contributed by atoms with Gasteiger partial charge in [0.1, 0.15) is 0 Å². The van der Waals surface area contributed by atoms with E-state index in [4.69, 9.17) is 11.6 Å². The van der Waals surface area contributed by atoms with Gasteiger partial charge in [-0.05, 0) is 62.4 Å². The zero-order valence-electron chi connectivity index (χ0n) is 15.9. The average molecular weight is 418 g/mol. The van der Waals surface area contributed by atoms with E-state index in [1.807, 2.05) is 6.26 Å². The van der Waals surface area contributed by atoms with Crippen molar-refractivity contribution in [2.75, 3.05) is 30.8 Å². The third-order valence-corrected chi connectivity index (χ3v) is 6.31. The fourth-order valence-corrected chi connectivity index (χ4v) is 4.69. The molecule has 0 saturated carbocycles. The highest BCUT2D eigenvalue weighted by molar-refractivity contribution is 7.98. The summed E-state index contributed by atoms with van der Waals surface area (Å²) < 4.78 is 0. The van der Waals surface area contributed by atoms with Gasteiger partial charge in [-0.1, -0.05) is 18.2 Å². The second-order valence-electron chi connectivity index (χ2n) is 6.98. The lowest BCUT2D eigenvalue weighted by Crippen LogP contribution is -2.57. The van der Waals surface area contributed by atoms with Crippen LogP contribution in [0.3, 0.4) is 0 Å². The lowest BCUT2D eigenvalue weighted by atomic mass is 9.84. The molecule has 28 heavy (non-hydrogen) atoms. The molecule has 0 spiro atoms. The van der Waals surface area contributed by atoms with Crippen molar-refractivity contribution in [1.82, 2.24) is 10.2 Å². The number of fused-ring (bicyclic) bond motifs is 3. The average Bonchev–Trinajstić information content (AvgIpc) is 2.72. The first-order valence-electron chi connectivity index (χ1n) is 9.23. The fraction of sp³-hybridized carbons (Fsp3) is 0.381. The monoisotopic (exact) mass is 417 g/mol. The van der Waals surface area contributed by atoms with Crippen molar-refractivity contribution in [1.29, 1.82) is 0 Å². The van der Waals surface area contributed by atoms with Crippen molar-refractivity contribution in [2.24, 2.45) is 5.92 Å². The molecule has 1 aromatic carbocycles. The molecule has 3 heterocycles. The van der Waals surface area contributed by atoms with Crippen LogP contribution in [0.2, 0.25) is 5.02 Å². The van der Waals surface area contributed by atoms with Gasteiger partial charge in [0, 0.05) is 28.7 Å². The van der Waals surface area contributed by atoms with Gasteiger partial charge in [0.15, 0.2) is 0 Å². The van der Waals surface area contributed by atoms with Gasteiger partial charge in [-0.3, -0.25) is 14.5 Å². The fourth-order valence-electron chi connectivity index (χ4n) is 3.82. The largest absolute Gasteiger partial charge is 0.348 e. The summed E-state index contributed by atoms with van der Waals surface area (Å²) in [6, 6.07) is 5.41. The van der Waals surface area contributed by atoms with Gasteiger partial charge < -0.3 is 10.2 Å². The van der Waals surface area contributed by atoms with Crippen LogP contribution in [0.1, 0.15) is 12.8 Å². The Morgan fingerprint density at radius 2 is 2.18 bits per heavy atom. The summed E-state index contributed by atoms with van der Waals surface area (Å²) in [5.41, 5.74) is 3.65.